The third-order valence-electron chi connectivity index (χ3n) is 9.46. The third kappa shape index (κ3) is 2.27. The van der Waals surface area contributed by atoms with E-state index in [0.29, 0.717) is 11.8 Å². The van der Waals surface area contributed by atoms with E-state index in [1.165, 1.54) is 28.7 Å². The molecule has 0 aromatic heterocycles. The highest BCUT2D eigenvalue weighted by atomic mass is 16.7. The van der Waals surface area contributed by atoms with Crippen LogP contribution >= 0.6 is 0 Å². The second-order valence-corrected chi connectivity index (χ2v) is 11.7. The highest BCUT2D eigenvalue weighted by Crippen LogP contribution is 2.69. The summed E-state index contributed by atoms with van der Waals surface area (Å²) in [7, 11) is -0.429. The van der Waals surface area contributed by atoms with Crippen molar-refractivity contribution in [2.45, 2.75) is 76.4 Å². The Labute approximate surface area is 189 Å². The lowest BCUT2D eigenvalue weighted by Gasteiger charge is -2.61. The largest absolute Gasteiger partial charge is 0.494 e. The first kappa shape index (κ1) is 17.0. The molecule has 5 fully saturated rings. The van der Waals surface area contributed by atoms with Crippen LogP contribution in [0.25, 0.3) is 11.1 Å². The third-order valence-corrected chi connectivity index (χ3v) is 9.46. The van der Waals surface area contributed by atoms with E-state index in [4.69, 9.17) is 9.31 Å². The van der Waals surface area contributed by atoms with Gasteiger partial charge in [0.15, 0.2) is 0 Å². The lowest BCUT2D eigenvalue weighted by atomic mass is 9.43. The number of benzene rings is 2. The molecule has 2 aromatic carbocycles. The molecule has 160 valence electrons. The monoisotopic (exact) mass is 414 g/mol. The van der Waals surface area contributed by atoms with Crippen LogP contribution in [0, 0.1) is 23.6 Å². The molecule has 1 spiro atoms. The zero-order valence-corrected chi connectivity index (χ0v) is 19.1. The van der Waals surface area contributed by atoms with Gasteiger partial charge >= 0.3 is 7.12 Å². The first-order valence-electron chi connectivity index (χ1n) is 13.1. The minimum Gasteiger partial charge on any atom is -0.399 e. The first-order valence-corrected chi connectivity index (χ1v) is 12.1. The Balaban J connectivity index is 1.46. The van der Waals surface area contributed by atoms with E-state index in [9.17, 15) is 2.74 Å². The van der Waals surface area contributed by atoms with E-state index in [-0.39, 0.29) is 0 Å². The smallest absolute Gasteiger partial charge is 0.399 e. The predicted molar refractivity (Wildman–Crippen MR) is 125 cm³/mol. The molecule has 31 heavy (non-hydrogen) atoms. The van der Waals surface area contributed by atoms with E-state index in [1.54, 1.807) is 0 Å². The molecule has 4 saturated carbocycles. The van der Waals surface area contributed by atoms with Crippen LogP contribution in [0.15, 0.2) is 42.5 Å². The molecular weight excluding hydrogens is 379 g/mol. The van der Waals surface area contributed by atoms with Crippen molar-refractivity contribution < 1.29 is 12.1 Å². The molecule has 0 radical (unpaired) electrons. The molecule has 1 aliphatic heterocycles. The van der Waals surface area contributed by atoms with Crippen LogP contribution in [0.2, 0.25) is 0 Å². The molecule has 1 saturated heterocycles. The van der Waals surface area contributed by atoms with Crippen molar-refractivity contribution in [1.29, 1.82) is 0 Å². The summed E-state index contributed by atoms with van der Waals surface area (Å²) in [6.45, 7) is 8.36. The van der Waals surface area contributed by atoms with Crippen molar-refractivity contribution in [2.24, 2.45) is 23.6 Å². The summed E-state index contributed by atoms with van der Waals surface area (Å²) >= 11 is 0. The summed E-state index contributed by atoms with van der Waals surface area (Å²) in [5.74, 6) is -0.204. The van der Waals surface area contributed by atoms with Crippen LogP contribution in [0.5, 0.6) is 0 Å². The Morgan fingerprint density at radius 1 is 0.774 bits per heavy atom. The Bertz CT molecular complexity index is 1140. The molecule has 5 aliphatic carbocycles. The van der Waals surface area contributed by atoms with Gasteiger partial charge in [0, 0.05) is 8.16 Å². The summed E-state index contributed by atoms with van der Waals surface area (Å²) < 4.78 is 32.8. The van der Waals surface area contributed by atoms with Crippen molar-refractivity contribution in [3.05, 3.63) is 53.6 Å². The van der Waals surface area contributed by atoms with Crippen LogP contribution in [0.4, 0.5) is 0 Å². The molecule has 8 rings (SSSR count). The molecule has 4 bridgehead atoms. The zero-order chi connectivity index (χ0) is 23.0. The molecule has 0 atom stereocenters. The first-order chi connectivity index (χ1) is 15.5. The number of hydrogen-bond acceptors (Lipinski definition) is 2. The maximum atomic E-state index is 9.97. The van der Waals surface area contributed by atoms with Crippen molar-refractivity contribution in [3.63, 3.8) is 0 Å². The van der Waals surface area contributed by atoms with Crippen molar-refractivity contribution in [1.82, 2.24) is 0 Å². The highest BCUT2D eigenvalue weighted by molar-refractivity contribution is 6.62. The van der Waals surface area contributed by atoms with E-state index < -0.39 is 35.5 Å². The minimum absolute atomic E-state index is 0.396. The predicted octanol–water partition coefficient (Wildman–Crippen LogP) is 5.71. The van der Waals surface area contributed by atoms with Gasteiger partial charge in [-0.3, -0.25) is 0 Å². The average Bonchev–Trinajstić information content (AvgIpc) is 3.13. The van der Waals surface area contributed by atoms with Gasteiger partial charge in [0.1, 0.15) is 0 Å². The van der Waals surface area contributed by atoms with Crippen LogP contribution in [-0.2, 0) is 14.7 Å². The van der Waals surface area contributed by atoms with Gasteiger partial charge in [-0.15, -0.1) is 0 Å². The maximum absolute atomic E-state index is 9.97. The fraction of sp³-hybridized carbons (Fsp3) is 0.571. The zero-order valence-electron chi connectivity index (χ0n) is 21.1. The molecule has 3 heteroatoms. The number of fused-ring (bicyclic) bond motifs is 3. The molecule has 0 N–H and O–H groups in total. The fourth-order valence-corrected chi connectivity index (χ4v) is 7.56. The lowest BCUT2D eigenvalue weighted by Crippen LogP contribution is -2.55. The number of hydrogen-bond donors (Lipinski definition) is 0. The second-order valence-electron chi connectivity index (χ2n) is 11.7. The van der Waals surface area contributed by atoms with Crippen LogP contribution in [0.1, 0.15) is 73.7 Å². The molecule has 0 amide bonds. The Hall–Kier alpha value is -1.58. The topological polar surface area (TPSA) is 18.5 Å². The van der Waals surface area contributed by atoms with Crippen LogP contribution < -0.4 is 5.46 Å². The van der Waals surface area contributed by atoms with Crippen molar-refractivity contribution in [3.8, 4) is 11.1 Å². The highest BCUT2D eigenvalue weighted by Gasteiger charge is 2.62. The Kier molecular flexibility index (Phi) is 3.21. The molecular formula is C28H33BO2. The molecule has 1 heterocycles. The molecule has 2 aromatic rings. The average molecular weight is 414 g/mol. The number of rotatable bonds is 1. The van der Waals surface area contributed by atoms with Gasteiger partial charge in [-0.25, -0.2) is 0 Å². The Morgan fingerprint density at radius 3 is 2.00 bits per heavy atom. The standard InChI is InChI=1S/C28H33BO2/c1-26(2)27(3,4)31-29(30-26)21-9-10-23-22-7-5-6-8-24(22)28(25(23)16-21)19-12-17-11-18(14-19)15-20(28)13-17/h5-10,16-20H,11-15H2,1-4H3/i19D,20D. The lowest BCUT2D eigenvalue weighted by molar-refractivity contribution is -0.0399. The maximum Gasteiger partial charge on any atom is 0.494 e. The summed E-state index contributed by atoms with van der Waals surface area (Å²) in [6.07, 6.45) is 4.88. The van der Waals surface area contributed by atoms with Gasteiger partial charge < -0.3 is 9.31 Å². The van der Waals surface area contributed by atoms with Gasteiger partial charge in [0.2, 0.25) is 0 Å². The Morgan fingerprint density at radius 2 is 1.35 bits per heavy atom. The summed E-state index contributed by atoms with van der Waals surface area (Å²) in [4.78, 5) is 0. The van der Waals surface area contributed by atoms with Crippen molar-refractivity contribution in [2.75, 3.05) is 0 Å². The minimum atomic E-state index is -0.630. The SMILES string of the molecule is [2H]C12CC3CC(C1)CC([2H])(C3)C21c2ccccc2-c2ccc(B3OC(C)(C)C(C)(C)O3)cc21. The van der Waals surface area contributed by atoms with Gasteiger partial charge in [-0.1, -0.05) is 42.5 Å². The normalized spacial score (nSPS) is 43.7. The van der Waals surface area contributed by atoms with Crippen LogP contribution in [-0.4, -0.2) is 18.3 Å². The molecule has 6 aliphatic rings. The van der Waals surface area contributed by atoms with E-state index in [2.05, 4.69) is 70.2 Å². The summed E-state index contributed by atoms with van der Waals surface area (Å²) in [5, 5.41) is 0. The van der Waals surface area contributed by atoms with Gasteiger partial charge in [-0.05, 0) is 111 Å². The second kappa shape index (κ2) is 5.86. The van der Waals surface area contributed by atoms with E-state index in [1.807, 2.05) is 0 Å². The van der Waals surface area contributed by atoms with Gasteiger partial charge in [0.05, 0.1) is 11.2 Å². The van der Waals surface area contributed by atoms with Gasteiger partial charge in [-0.2, -0.15) is 0 Å². The van der Waals surface area contributed by atoms with E-state index >= 15 is 0 Å². The van der Waals surface area contributed by atoms with Gasteiger partial charge in [0.25, 0.3) is 0 Å². The van der Waals surface area contributed by atoms with Crippen LogP contribution in [0.3, 0.4) is 0 Å². The van der Waals surface area contributed by atoms with E-state index in [0.717, 1.165) is 31.1 Å². The van der Waals surface area contributed by atoms with Crippen molar-refractivity contribution >= 4 is 12.6 Å². The summed E-state index contributed by atoms with van der Waals surface area (Å²) in [5.41, 5.74) is 4.46. The quantitative estimate of drug-likeness (QED) is 0.557. The summed E-state index contributed by atoms with van der Waals surface area (Å²) in [6, 6.07) is 15.2. The molecule has 0 unspecified atom stereocenters. The fourth-order valence-electron chi connectivity index (χ4n) is 7.56. The molecule has 2 nitrogen and oxygen atoms in total.